The summed E-state index contributed by atoms with van der Waals surface area (Å²) < 4.78 is 0. The van der Waals surface area contributed by atoms with Gasteiger partial charge in [-0.05, 0) is 38.8 Å². The molecule has 0 unspecified atom stereocenters. The first-order valence-corrected chi connectivity index (χ1v) is 7.63. The molecule has 3 nitrogen and oxygen atoms in total. The number of anilines is 1. The smallest absolute Gasteiger partial charge is 0.0448 e. The summed E-state index contributed by atoms with van der Waals surface area (Å²) in [7, 11) is 0. The fraction of sp³-hybridized carbons (Fsp3) is 0.588. The highest BCUT2D eigenvalue weighted by Crippen LogP contribution is 2.24. The zero-order valence-electron chi connectivity index (χ0n) is 13.2. The highest BCUT2D eigenvalue weighted by Gasteiger charge is 2.14. The Hall–Kier alpha value is -1.35. The number of nitrogens with zero attached hydrogens (tertiary/aromatic N) is 2. The summed E-state index contributed by atoms with van der Waals surface area (Å²) in [6.45, 7) is 12.8. The summed E-state index contributed by atoms with van der Waals surface area (Å²) in [6, 6.07) is 2.22. The Kier molecular flexibility index (Phi) is 5.18. The van der Waals surface area contributed by atoms with Crippen LogP contribution in [0.2, 0.25) is 0 Å². The molecule has 0 saturated carbocycles. The Bertz CT molecular complexity index is 477. The molecule has 0 fully saturated rings. The molecule has 0 amide bonds. The van der Waals surface area contributed by atoms with E-state index in [9.17, 15) is 0 Å². The van der Waals surface area contributed by atoms with Crippen molar-refractivity contribution in [1.29, 1.82) is 0 Å². The van der Waals surface area contributed by atoms with E-state index in [-0.39, 0.29) is 0 Å². The molecular weight excluding hydrogens is 246 g/mol. The van der Waals surface area contributed by atoms with Crippen molar-refractivity contribution < 1.29 is 0 Å². The number of hydrogen-bond donors (Lipinski definition) is 1. The van der Waals surface area contributed by atoms with Crippen molar-refractivity contribution in [3.05, 3.63) is 35.2 Å². The third-order valence-corrected chi connectivity index (χ3v) is 3.74. The van der Waals surface area contributed by atoms with Crippen molar-refractivity contribution in [3.63, 3.8) is 0 Å². The lowest BCUT2D eigenvalue weighted by Crippen LogP contribution is -2.30. The van der Waals surface area contributed by atoms with E-state index in [0.717, 1.165) is 31.9 Å². The van der Waals surface area contributed by atoms with E-state index in [0.29, 0.717) is 5.92 Å². The molecule has 1 aromatic rings. The molecule has 1 N–H and O–H groups in total. The van der Waals surface area contributed by atoms with Crippen molar-refractivity contribution >= 4 is 5.69 Å². The molecule has 2 heterocycles. The molecular formula is C17H27N3. The molecule has 20 heavy (non-hydrogen) atoms. The molecule has 0 spiro atoms. The Balaban J connectivity index is 2.11. The first-order valence-electron chi connectivity index (χ1n) is 7.63. The molecule has 3 heteroatoms. The summed E-state index contributed by atoms with van der Waals surface area (Å²) in [4.78, 5) is 6.93. The highest BCUT2D eigenvalue weighted by molar-refractivity contribution is 5.55. The molecule has 0 aliphatic carbocycles. The average molecular weight is 273 g/mol. The molecule has 0 bridgehead atoms. The van der Waals surface area contributed by atoms with Crippen LogP contribution in [-0.4, -0.2) is 24.6 Å². The molecule has 0 saturated heterocycles. The van der Waals surface area contributed by atoms with Gasteiger partial charge in [-0.3, -0.25) is 4.98 Å². The second-order valence-corrected chi connectivity index (χ2v) is 6.23. The van der Waals surface area contributed by atoms with E-state index in [2.05, 4.69) is 55.0 Å². The van der Waals surface area contributed by atoms with E-state index in [1.54, 1.807) is 0 Å². The first-order chi connectivity index (χ1) is 9.56. The van der Waals surface area contributed by atoms with Gasteiger partial charge in [-0.25, -0.2) is 0 Å². The summed E-state index contributed by atoms with van der Waals surface area (Å²) in [6.07, 6.45) is 5.54. The normalized spacial score (nSPS) is 15.7. The SMILES string of the molecule is CC1=CCN(c2cc(C)ncc2CNCC(C)C)CC1. The van der Waals surface area contributed by atoms with Gasteiger partial charge in [0.2, 0.25) is 0 Å². The standard InChI is InChI=1S/C17H27N3/c1-13(2)10-18-11-16-12-19-15(4)9-17(16)20-7-5-14(3)6-8-20/h5,9,12-13,18H,6-8,10-11H2,1-4H3. The fourth-order valence-corrected chi connectivity index (χ4v) is 2.49. The summed E-state index contributed by atoms with van der Waals surface area (Å²) in [5, 5.41) is 3.53. The highest BCUT2D eigenvalue weighted by atomic mass is 15.1. The van der Waals surface area contributed by atoms with Crippen LogP contribution in [0.4, 0.5) is 5.69 Å². The molecule has 0 aromatic carbocycles. The van der Waals surface area contributed by atoms with Crippen LogP contribution in [0.25, 0.3) is 0 Å². The number of pyridine rings is 1. The van der Waals surface area contributed by atoms with Crippen LogP contribution in [0.3, 0.4) is 0 Å². The van der Waals surface area contributed by atoms with E-state index in [1.807, 2.05) is 6.20 Å². The second-order valence-electron chi connectivity index (χ2n) is 6.23. The zero-order chi connectivity index (χ0) is 14.5. The number of aromatic nitrogens is 1. The van der Waals surface area contributed by atoms with Crippen molar-refractivity contribution in [1.82, 2.24) is 10.3 Å². The van der Waals surface area contributed by atoms with Gasteiger partial charge < -0.3 is 10.2 Å². The number of rotatable bonds is 5. The van der Waals surface area contributed by atoms with Crippen LogP contribution < -0.4 is 10.2 Å². The van der Waals surface area contributed by atoms with Gasteiger partial charge in [-0.15, -0.1) is 0 Å². The average Bonchev–Trinajstić information content (AvgIpc) is 2.41. The van der Waals surface area contributed by atoms with E-state index < -0.39 is 0 Å². The minimum atomic E-state index is 0.678. The van der Waals surface area contributed by atoms with Crippen LogP contribution in [0, 0.1) is 12.8 Å². The summed E-state index contributed by atoms with van der Waals surface area (Å²) >= 11 is 0. The van der Waals surface area contributed by atoms with Crippen molar-refractivity contribution in [2.75, 3.05) is 24.5 Å². The molecule has 0 radical (unpaired) electrons. The van der Waals surface area contributed by atoms with Crippen molar-refractivity contribution in [2.24, 2.45) is 5.92 Å². The molecule has 110 valence electrons. The number of nitrogens with one attached hydrogen (secondary N) is 1. The Morgan fingerprint density at radius 1 is 1.35 bits per heavy atom. The quantitative estimate of drug-likeness (QED) is 0.834. The lowest BCUT2D eigenvalue weighted by molar-refractivity contribution is 0.551. The zero-order valence-corrected chi connectivity index (χ0v) is 13.2. The van der Waals surface area contributed by atoms with Crippen molar-refractivity contribution in [3.8, 4) is 0 Å². The van der Waals surface area contributed by atoms with Gasteiger partial charge in [-0.2, -0.15) is 0 Å². The van der Waals surface area contributed by atoms with Crippen LogP contribution in [0.15, 0.2) is 23.9 Å². The van der Waals surface area contributed by atoms with Crippen molar-refractivity contribution in [2.45, 2.75) is 40.7 Å². The van der Waals surface area contributed by atoms with Gasteiger partial charge in [0.1, 0.15) is 0 Å². The third kappa shape index (κ3) is 4.07. The monoisotopic (exact) mass is 273 g/mol. The number of hydrogen-bond acceptors (Lipinski definition) is 3. The molecule has 1 aromatic heterocycles. The van der Waals surface area contributed by atoms with Crippen LogP contribution in [0.1, 0.15) is 38.4 Å². The fourth-order valence-electron chi connectivity index (χ4n) is 2.49. The summed E-state index contributed by atoms with van der Waals surface area (Å²) in [5.41, 5.74) is 5.26. The van der Waals surface area contributed by atoms with Crippen LogP contribution in [-0.2, 0) is 6.54 Å². The lowest BCUT2D eigenvalue weighted by Gasteiger charge is -2.29. The number of aryl methyl sites for hydroxylation is 1. The summed E-state index contributed by atoms with van der Waals surface area (Å²) in [5.74, 6) is 0.678. The predicted molar refractivity (Wildman–Crippen MR) is 86.1 cm³/mol. The van der Waals surface area contributed by atoms with Gasteiger partial charge >= 0.3 is 0 Å². The van der Waals surface area contributed by atoms with Gasteiger partial charge in [-0.1, -0.05) is 25.5 Å². The van der Waals surface area contributed by atoms with Gasteiger partial charge in [0.15, 0.2) is 0 Å². The maximum absolute atomic E-state index is 4.47. The van der Waals surface area contributed by atoms with Crippen LogP contribution in [0.5, 0.6) is 0 Å². The Morgan fingerprint density at radius 2 is 2.15 bits per heavy atom. The van der Waals surface area contributed by atoms with Gasteiger partial charge in [0.05, 0.1) is 0 Å². The predicted octanol–water partition coefficient (Wildman–Crippen LogP) is 3.29. The van der Waals surface area contributed by atoms with Gasteiger partial charge in [0.25, 0.3) is 0 Å². The minimum Gasteiger partial charge on any atom is -0.367 e. The topological polar surface area (TPSA) is 28.2 Å². The minimum absolute atomic E-state index is 0.678. The maximum atomic E-state index is 4.47. The Labute approximate surface area is 123 Å². The van der Waals surface area contributed by atoms with Crippen LogP contribution >= 0.6 is 0 Å². The largest absolute Gasteiger partial charge is 0.367 e. The second kappa shape index (κ2) is 6.89. The van der Waals surface area contributed by atoms with E-state index in [1.165, 1.54) is 23.2 Å². The maximum Gasteiger partial charge on any atom is 0.0448 e. The van der Waals surface area contributed by atoms with Gasteiger partial charge in [0, 0.05) is 42.8 Å². The molecule has 2 rings (SSSR count). The molecule has 1 aliphatic heterocycles. The third-order valence-electron chi connectivity index (χ3n) is 3.74. The Morgan fingerprint density at radius 3 is 2.80 bits per heavy atom. The van der Waals surface area contributed by atoms with E-state index >= 15 is 0 Å². The molecule has 0 atom stereocenters. The van der Waals surface area contributed by atoms with E-state index in [4.69, 9.17) is 0 Å². The first kappa shape index (κ1) is 15.0. The molecule has 1 aliphatic rings. The lowest BCUT2D eigenvalue weighted by atomic mass is 10.1.